The summed E-state index contributed by atoms with van der Waals surface area (Å²) in [5, 5.41) is 20.3. The molecule has 1 fully saturated rings. The van der Waals surface area contributed by atoms with Gasteiger partial charge in [-0.15, -0.1) is 10.2 Å². The number of amidine groups is 1. The lowest BCUT2D eigenvalue weighted by Gasteiger charge is -2.32. The van der Waals surface area contributed by atoms with E-state index >= 15 is 0 Å². The van der Waals surface area contributed by atoms with Crippen molar-refractivity contribution in [3.8, 4) is 5.75 Å². The Morgan fingerprint density at radius 1 is 1.27 bits per heavy atom. The van der Waals surface area contributed by atoms with E-state index < -0.39 is 11.7 Å². The maximum atomic E-state index is 13.0. The largest absolute Gasteiger partial charge is 0.490 e. The molecule has 0 unspecified atom stereocenters. The molecule has 0 spiro atoms. The van der Waals surface area contributed by atoms with Gasteiger partial charge in [0, 0.05) is 25.9 Å². The summed E-state index contributed by atoms with van der Waals surface area (Å²) >= 11 is 1.18. The maximum absolute atomic E-state index is 13.0. The van der Waals surface area contributed by atoms with Gasteiger partial charge < -0.3 is 20.6 Å². The average molecular weight is 387 g/mol. The quantitative estimate of drug-likeness (QED) is 0.362. The number of aromatic nitrogens is 2. The minimum atomic E-state index is -4.45. The van der Waals surface area contributed by atoms with Crippen LogP contribution in [0.1, 0.15) is 23.4 Å². The van der Waals surface area contributed by atoms with Crippen molar-refractivity contribution in [2.75, 3.05) is 18.0 Å². The van der Waals surface area contributed by atoms with Crippen LogP contribution in [0.4, 0.5) is 18.3 Å². The number of anilines is 1. The lowest BCUT2D eigenvalue weighted by molar-refractivity contribution is -0.139. The van der Waals surface area contributed by atoms with Crippen LogP contribution in [0.2, 0.25) is 0 Å². The molecule has 3 rings (SSSR count). The van der Waals surface area contributed by atoms with Gasteiger partial charge in [-0.2, -0.15) is 13.2 Å². The number of rotatable bonds is 4. The van der Waals surface area contributed by atoms with E-state index in [1.54, 1.807) is 0 Å². The molecule has 1 aliphatic heterocycles. The highest BCUT2D eigenvalue weighted by atomic mass is 32.1. The van der Waals surface area contributed by atoms with Crippen molar-refractivity contribution in [1.29, 1.82) is 0 Å². The Hall–Kier alpha value is -2.56. The minimum absolute atomic E-state index is 0.115. The van der Waals surface area contributed by atoms with E-state index in [1.165, 1.54) is 29.5 Å². The molecule has 2 aromatic rings. The predicted octanol–water partition coefficient (Wildman–Crippen LogP) is 2.70. The third-order valence-electron chi connectivity index (χ3n) is 3.94. The molecule has 26 heavy (non-hydrogen) atoms. The second-order valence-corrected chi connectivity index (χ2v) is 6.63. The molecule has 1 saturated heterocycles. The number of piperidine rings is 1. The van der Waals surface area contributed by atoms with Crippen LogP contribution < -0.4 is 15.4 Å². The Morgan fingerprint density at radius 2 is 1.96 bits per heavy atom. The topological polar surface area (TPSA) is 96.9 Å². The Morgan fingerprint density at radius 3 is 2.62 bits per heavy atom. The zero-order chi connectivity index (χ0) is 18.7. The first-order chi connectivity index (χ1) is 12.4. The standard InChI is InChI=1S/C15H16F3N5O2S/c16-15(17,18)10-3-1-2-4-11(10)25-9-5-7-23(8-6-9)14-21-20-13(26-14)12(19)22-24/h1-4,9,24H,5-8H2,(H2,19,22). The fourth-order valence-corrected chi connectivity index (χ4v) is 3.43. The number of halogens is 3. The summed E-state index contributed by atoms with van der Waals surface area (Å²) in [7, 11) is 0. The zero-order valence-corrected chi connectivity index (χ0v) is 14.3. The number of benzene rings is 1. The first kappa shape index (κ1) is 18.2. The molecule has 0 aliphatic carbocycles. The van der Waals surface area contributed by atoms with Crippen molar-refractivity contribution >= 4 is 22.3 Å². The van der Waals surface area contributed by atoms with E-state index in [1.807, 2.05) is 4.90 Å². The lowest BCUT2D eigenvalue weighted by Crippen LogP contribution is -2.38. The van der Waals surface area contributed by atoms with E-state index in [0.717, 1.165) is 6.07 Å². The molecule has 7 nitrogen and oxygen atoms in total. The number of hydrogen-bond acceptors (Lipinski definition) is 7. The van der Waals surface area contributed by atoms with E-state index in [4.69, 9.17) is 15.7 Å². The van der Waals surface area contributed by atoms with Crippen LogP contribution >= 0.6 is 11.3 Å². The van der Waals surface area contributed by atoms with Gasteiger partial charge in [-0.1, -0.05) is 28.6 Å². The molecule has 0 saturated carbocycles. The number of para-hydroxylation sites is 1. The van der Waals surface area contributed by atoms with Gasteiger partial charge in [-0.05, 0) is 12.1 Å². The molecule has 0 amide bonds. The van der Waals surface area contributed by atoms with Crippen molar-refractivity contribution in [3.63, 3.8) is 0 Å². The smallest absolute Gasteiger partial charge is 0.419 e. The highest BCUT2D eigenvalue weighted by Gasteiger charge is 2.35. The lowest BCUT2D eigenvalue weighted by atomic mass is 10.1. The van der Waals surface area contributed by atoms with Crippen molar-refractivity contribution in [1.82, 2.24) is 10.2 Å². The molecule has 1 aliphatic rings. The molecule has 0 bridgehead atoms. The van der Waals surface area contributed by atoms with E-state index in [0.29, 0.717) is 36.1 Å². The van der Waals surface area contributed by atoms with Crippen LogP contribution in [-0.4, -0.2) is 40.4 Å². The molecule has 1 aromatic carbocycles. The number of alkyl halides is 3. The van der Waals surface area contributed by atoms with Crippen molar-refractivity contribution in [2.45, 2.75) is 25.1 Å². The summed E-state index contributed by atoms with van der Waals surface area (Å²) in [6.07, 6.45) is -3.67. The summed E-state index contributed by atoms with van der Waals surface area (Å²) in [5.41, 5.74) is 4.70. The van der Waals surface area contributed by atoms with E-state index in [9.17, 15) is 13.2 Å². The third-order valence-corrected chi connectivity index (χ3v) is 4.95. The van der Waals surface area contributed by atoms with Gasteiger partial charge in [0.2, 0.25) is 11.0 Å². The fraction of sp³-hybridized carbons (Fsp3) is 0.400. The van der Waals surface area contributed by atoms with E-state index in [2.05, 4.69) is 15.4 Å². The third kappa shape index (κ3) is 3.98. The predicted molar refractivity (Wildman–Crippen MR) is 89.7 cm³/mol. The fourth-order valence-electron chi connectivity index (χ4n) is 2.64. The average Bonchev–Trinajstić information content (AvgIpc) is 3.11. The summed E-state index contributed by atoms with van der Waals surface area (Å²) in [6.45, 7) is 1.12. The summed E-state index contributed by atoms with van der Waals surface area (Å²) < 4.78 is 44.7. The summed E-state index contributed by atoms with van der Waals surface area (Å²) in [4.78, 5) is 1.95. The van der Waals surface area contributed by atoms with Gasteiger partial charge in [-0.25, -0.2) is 0 Å². The molecular formula is C15H16F3N5O2S. The number of hydrogen-bond donors (Lipinski definition) is 2. The van der Waals surface area contributed by atoms with Crippen LogP contribution in [0.5, 0.6) is 5.75 Å². The van der Waals surface area contributed by atoms with Crippen LogP contribution in [0.15, 0.2) is 29.4 Å². The zero-order valence-electron chi connectivity index (χ0n) is 13.5. The highest BCUT2D eigenvalue weighted by Crippen LogP contribution is 2.37. The number of oxime groups is 1. The Labute approximate surface area is 150 Å². The minimum Gasteiger partial charge on any atom is -0.490 e. The maximum Gasteiger partial charge on any atom is 0.419 e. The molecular weight excluding hydrogens is 371 g/mol. The number of nitrogens with zero attached hydrogens (tertiary/aromatic N) is 4. The molecule has 3 N–H and O–H groups in total. The van der Waals surface area contributed by atoms with Crippen LogP contribution in [-0.2, 0) is 6.18 Å². The van der Waals surface area contributed by atoms with E-state index in [-0.39, 0.29) is 17.7 Å². The van der Waals surface area contributed by atoms with Crippen molar-refractivity contribution in [2.24, 2.45) is 10.9 Å². The van der Waals surface area contributed by atoms with Crippen LogP contribution in [0.3, 0.4) is 0 Å². The molecule has 1 aromatic heterocycles. The monoisotopic (exact) mass is 387 g/mol. The van der Waals surface area contributed by atoms with Gasteiger partial charge in [0.05, 0.1) is 5.56 Å². The van der Waals surface area contributed by atoms with Gasteiger partial charge in [-0.3, -0.25) is 0 Å². The van der Waals surface area contributed by atoms with Gasteiger partial charge in [0.25, 0.3) is 0 Å². The molecule has 140 valence electrons. The normalized spacial score (nSPS) is 16.7. The Bertz CT molecular complexity index is 788. The molecule has 11 heteroatoms. The van der Waals surface area contributed by atoms with Crippen LogP contribution in [0.25, 0.3) is 0 Å². The SMILES string of the molecule is NC(=NO)c1nnc(N2CCC(Oc3ccccc3C(F)(F)F)CC2)s1. The van der Waals surface area contributed by atoms with Gasteiger partial charge in [0.1, 0.15) is 11.9 Å². The summed E-state index contributed by atoms with van der Waals surface area (Å²) in [6, 6.07) is 5.21. The molecule has 2 heterocycles. The highest BCUT2D eigenvalue weighted by molar-refractivity contribution is 7.17. The van der Waals surface area contributed by atoms with Crippen molar-refractivity contribution in [3.05, 3.63) is 34.8 Å². The first-order valence-electron chi connectivity index (χ1n) is 7.77. The second-order valence-electron chi connectivity index (χ2n) is 5.67. The van der Waals surface area contributed by atoms with Gasteiger partial charge >= 0.3 is 6.18 Å². The number of nitrogens with two attached hydrogens (primary N) is 1. The van der Waals surface area contributed by atoms with Gasteiger partial charge in [0.15, 0.2) is 5.01 Å². The van der Waals surface area contributed by atoms with Crippen molar-refractivity contribution < 1.29 is 23.1 Å². The second kappa shape index (κ2) is 7.36. The molecule has 0 radical (unpaired) electrons. The summed E-state index contributed by atoms with van der Waals surface area (Å²) in [5.74, 6) is -0.265. The molecule has 0 atom stereocenters. The first-order valence-corrected chi connectivity index (χ1v) is 8.59. The number of ether oxygens (including phenoxy) is 1. The Balaban J connectivity index is 1.62. The van der Waals surface area contributed by atoms with Crippen LogP contribution in [0, 0.1) is 0 Å². The Kier molecular flexibility index (Phi) is 5.16.